The zero-order valence-electron chi connectivity index (χ0n) is 40.2. The first-order valence-electron chi connectivity index (χ1n) is 25.6. The molecular weight excluding hydrogens is 897 g/mol. The number of fused-ring (bicyclic) bond motifs is 17. The Balaban J connectivity index is 0.868. The van der Waals surface area contributed by atoms with E-state index in [1.807, 2.05) is 6.07 Å². The quantitative estimate of drug-likeness (QED) is 0.166. The second-order valence-electron chi connectivity index (χ2n) is 19.9. The van der Waals surface area contributed by atoms with Gasteiger partial charge in [0.2, 0.25) is 0 Å². The molecule has 2 aromatic heterocycles. The Morgan fingerprint density at radius 3 is 1.61 bits per heavy atom. The summed E-state index contributed by atoms with van der Waals surface area (Å²) >= 11 is 0. The SMILES string of the molecule is c1cc(-c2ccccc2-c2ccc3c(c2)c2ccccc2n3-c2cccc3oc4ccccc4c23)cc(N(c2ccc3c(c2)C2(c4ccccc4-c4ccccc42)c2ccccc2-3)c2ccc3ccccc3c2)c1. The van der Waals surface area contributed by atoms with E-state index in [2.05, 4.69) is 270 Å². The van der Waals surface area contributed by atoms with E-state index in [-0.39, 0.29) is 0 Å². The van der Waals surface area contributed by atoms with E-state index in [0.29, 0.717) is 0 Å². The van der Waals surface area contributed by atoms with Crippen LogP contribution in [0.15, 0.2) is 271 Å². The molecule has 2 heterocycles. The lowest BCUT2D eigenvalue weighted by atomic mass is 9.70. The van der Waals surface area contributed by atoms with Gasteiger partial charge in [-0.3, -0.25) is 0 Å². The number of anilines is 3. The Kier molecular flexibility index (Phi) is 8.66. The molecule has 12 aromatic carbocycles. The summed E-state index contributed by atoms with van der Waals surface area (Å²) in [6.07, 6.45) is 0. The summed E-state index contributed by atoms with van der Waals surface area (Å²) in [4.78, 5) is 2.47. The Labute approximate surface area is 428 Å². The summed E-state index contributed by atoms with van der Waals surface area (Å²) in [5, 5.41) is 7.07. The molecule has 2 aliphatic carbocycles. The summed E-state index contributed by atoms with van der Waals surface area (Å²) in [6, 6.07) is 98.5. The molecule has 0 saturated carbocycles. The average Bonchev–Trinajstić information content (AvgIpc) is 4.21. The van der Waals surface area contributed by atoms with E-state index < -0.39 is 5.41 Å². The highest BCUT2D eigenvalue weighted by atomic mass is 16.3. The molecule has 74 heavy (non-hydrogen) atoms. The summed E-state index contributed by atoms with van der Waals surface area (Å²) in [7, 11) is 0. The summed E-state index contributed by atoms with van der Waals surface area (Å²) < 4.78 is 8.81. The van der Waals surface area contributed by atoms with Crippen LogP contribution in [0.3, 0.4) is 0 Å². The van der Waals surface area contributed by atoms with Crippen molar-refractivity contribution >= 4 is 71.6 Å². The van der Waals surface area contributed by atoms with E-state index >= 15 is 0 Å². The number of rotatable bonds is 6. The van der Waals surface area contributed by atoms with E-state index in [4.69, 9.17) is 4.42 Å². The highest BCUT2D eigenvalue weighted by molar-refractivity contribution is 6.15. The molecule has 0 N–H and O–H groups in total. The maximum atomic E-state index is 6.39. The van der Waals surface area contributed by atoms with Crippen LogP contribution in [-0.2, 0) is 5.41 Å². The first kappa shape index (κ1) is 41.0. The van der Waals surface area contributed by atoms with Gasteiger partial charge < -0.3 is 13.9 Å². The zero-order valence-corrected chi connectivity index (χ0v) is 40.2. The number of nitrogens with zero attached hydrogens (tertiary/aromatic N) is 2. The fraction of sp³-hybridized carbons (Fsp3) is 0.0141. The molecule has 14 aromatic rings. The average molecular weight is 941 g/mol. The monoisotopic (exact) mass is 940 g/mol. The normalized spacial score (nSPS) is 13.0. The van der Waals surface area contributed by atoms with E-state index in [0.717, 1.165) is 61.3 Å². The van der Waals surface area contributed by atoms with Crippen molar-refractivity contribution < 1.29 is 4.42 Å². The maximum Gasteiger partial charge on any atom is 0.137 e. The van der Waals surface area contributed by atoms with Crippen molar-refractivity contribution in [3.8, 4) is 50.2 Å². The molecule has 0 fully saturated rings. The predicted molar refractivity (Wildman–Crippen MR) is 307 cm³/mol. The first-order valence-corrected chi connectivity index (χ1v) is 25.6. The van der Waals surface area contributed by atoms with E-state index in [1.54, 1.807) is 0 Å². The third-order valence-corrected chi connectivity index (χ3v) is 16.2. The molecular formula is C71H44N2O. The zero-order chi connectivity index (χ0) is 48.5. The minimum atomic E-state index is -0.459. The molecule has 0 amide bonds. The molecule has 1 spiro atoms. The van der Waals surface area contributed by atoms with Crippen LogP contribution in [0.25, 0.3) is 105 Å². The summed E-state index contributed by atoms with van der Waals surface area (Å²) in [5.41, 5.74) is 23.2. The van der Waals surface area contributed by atoms with Crippen molar-refractivity contribution in [2.45, 2.75) is 5.41 Å². The summed E-state index contributed by atoms with van der Waals surface area (Å²) in [6.45, 7) is 0. The molecule has 3 nitrogen and oxygen atoms in total. The Bertz CT molecular complexity index is 4580. The fourth-order valence-electron chi connectivity index (χ4n) is 13.1. The van der Waals surface area contributed by atoms with Crippen LogP contribution in [0.4, 0.5) is 17.1 Å². The van der Waals surface area contributed by atoms with Crippen molar-refractivity contribution in [3.63, 3.8) is 0 Å². The maximum absolute atomic E-state index is 6.39. The van der Waals surface area contributed by atoms with Crippen LogP contribution in [0.2, 0.25) is 0 Å². The topological polar surface area (TPSA) is 21.3 Å². The van der Waals surface area contributed by atoms with E-state index in [1.165, 1.54) is 82.7 Å². The second-order valence-corrected chi connectivity index (χ2v) is 19.9. The Morgan fingerprint density at radius 1 is 0.311 bits per heavy atom. The van der Waals surface area contributed by atoms with Crippen LogP contribution < -0.4 is 4.90 Å². The number of para-hydroxylation sites is 2. The third kappa shape index (κ3) is 5.72. The molecule has 344 valence electrons. The van der Waals surface area contributed by atoms with Crippen molar-refractivity contribution in [1.82, 2.24) is 4.57 Å². The van der Waals surface area contributed by atoms with Gasteiger partial charge in [0.1, 0.15) is 11.2 Å². The standard InChI is InChI=1S/C71H44N2O/c1-2-18-46-41-50(37-35-45(46)17-1)72(51-38-39-57-56-25-7-12-30-63(56)71(64(57)44-51)61-28-10-5-23-54(61)55-24-6-11-29-62(55)71)49-20-15-19-47(42-49)52-21-3-4-22-53(52)48-36-40-66-60(43-48)58-26-8-13-31-65(58)73(66)67-32-16-34-69-70(67)59-27-9-14-33-68(59)74-69/h1-44H. The van der Waals surface area contributed by atoms with Gasteiger partial charge in [-0.1, -0.05) is 194 Å². The van der Waals surface area contributed by atoms with Gasteiger partial charge in [-0.05, 0) is 150 Å². The summed E-state index contributed by atoms with van der Waals surface area (Å²) in [5.74, 6) is 0. The Morgan fingerprint density at radius 2 is 0.851 bits per heavy atom. The van der Waals surface area contributed by atoms with Crippen molar-refractivity contribution in [3.05, 3.63) is 289 Å². The smallest absolute Gasteiger partial charge is 0.137 e. The van der Waals surface area contributed by atoms with Crippen LogP contribution in [-0.4, -0.2) is 4.57 Å². The molecule has 3 heteroatoms. The molecule has 16 rings (SSSR count). The molecule has 0 unspecified atom stereocenters. The van der Waals surface area contributed by atoms with Gasteiger partial charge >= 0.3 is 0 Å². The fourth-order valence-corrected chi connectivity index (χ4v) is 13.1. The Hall–Kier alpha value is -9.70. The minimum Gasteiger partial charge on any atom is -0.456 e. The third-order valence-electron chi connectivity index (χ3n) is 16.2. The van der Waals surface area contributed by atoms with Gasteiger partial charge in [-0.25, -0.2) is 0 Å². The van der Waals surface area contributed by atoms with Gasteiger partial charge in [-0.15, -0.1) is 0 Å². The first-order chi connectivity index (χ1) is 36.7. The van der Waals surface area contributed by atoms with Gasteiger partial charge in [0.05, 0.1) is 27.5 Å². The number of benzene rings is 12. The molecule has 0 radical (unpaired) electrons. The van der Waals surface area contributed by atoms with Gasteiger partial charge in [0, 0.05) is 33.2 Å². The lowest BCUT2D eigenvalue weighted by Crippen LogP contribution is -2.26. The molecule has 0 aliphatic heterocycles. The van der Waals surface area contributed by atoms with Crippen molar-refractivity contribution in [1.29, 1.82) is 0 Å². The minimum absolute atomic E-state index is 0.459. The van der Waals surface area contributed by atoms with Crippen molar-refractivity contribution in [2.24, 2.45) is 0 Å². The molecule has 0 saturated heterocycles. The van der Waals surface area contributed by atoms with Crippen LogP contribution >= 0.6 is 0 Å². The van der Waals surface area contributed by atoms with Gasteiger partial charge in [0.15, 0.2) is 0 Å². The van der Waals surface area contributed by atoms with Crippen LogP contribution in [0.5, 0.6) is 0 Å². The largest absolute Gasteiger partial charge is 0.456 e. The van der Waals surface area contributed by atoms with Crippen LogP contribution in [0, 0.1) is 0 Å². The lowest BCUT2D eigenvalue weighted by Gasteiger charge is -2.32. The number of aromatic nitrogens is 1. The van der Waals surface area contributed by atoms with Gasteiger partial charge in [-0.2, -0.15) is 0 Å². The van der Waals surface area contributed by atoms with Gasteiger partial charge in [0.25, 0.3) is 0 Å². The van der Waals surface area contributed by atoms with Crippen molar-refractivity contribution in [2.75, 3.05) is 4.90 Å². The predicted octanol–water partition coefficient (Wildman–Crippen LogP) is 19.0. The van der Waals surface area contributed by atoms with E-state index in [9.17, 15) is 0 Å². The number of furan rings is 1. The molecule has 2 aliphatic rings. The highest BCUT2D eigenvalue weighted by Crippen LogP contribution is 2.63. The number of hydrogen-bond donors (Lipinski definition) is 0. The molecule has 0 bridgehead atoms. The number of hydrogen-bond acceptors (Lipinski definition) is 2. The molecule has 0 atom stereocenters. The second kappa shape index (κ2) is 15.6. The highest BCUT2D eigenvalue weighted by Gasteiger charge is 2.51. The van der Waals surface area contributed by atoms with Crippen LogP contribution in [0.1, 0.15) is 22.3 Å². The lowest BCUT2D eigenvalue weighted by molar-refractivity contribution is 0.669.